The zero-order chi connectivity index (χ0) is 20.5. The number of anilines is 1. The van der Waals surface area contributed by atoms with E-state index in [9.17, 15) is 9.18 Å². The van der Waals surface area contributed by atoms with Gasteiger partial charge in [0.15, 0.2) is 5.65 Å². The van der Waals surface area contributed by atoms with E-state index < -0.39 is 5.82 Å². The Morgan fingerprint density at radius 1 is 1.38 bits per heavy atom. The monoisotopic (exact) mass is 417 g/mol. The summed E-state index contributed by atoms with van der Waals surface area (Å²) in [5.74, 6) is -0.00814. The maximum atomic E-state index is 14.4. The van der Waals surface area contributed by atoms with E-state index in [-0.39, 0.29) is 23.5 Å². The number of pyridine rings is 1. The Morgan fingerprint density at radius 2 is 2.21 bits per heavy atom. The van der Waals surface area contributed by atoms with Gasteiger partial charge in [-0.2, -0.15) is 5.10 Å². The smallest absolute Gasteiger partial charge is 0.244 e. The molecule has 1 fully saturated rings. The molecule has 0 bridgehead atoms. The van der Waals surface area contributed by atoms with Crippen molar-refractivity contribution in [2.75, 3.05) is 31.6 Å². The van der Waals surface area contributed by atoms with Crippen LogP contribution in [-0.2, 0) is 11.3 Å². The molecule has 1 saturated heterocycles. The van der Waals surface area contributed by atoms with Crippen LogP contribution in [0.25, 0.3) is 11.0 Å². The predicted octanol–water partition coefficient (Wildman–Crippen LogP) is 2.97. The Kier molecular flexibility index (Phi) is 5.27. The highest BCUT2D eigenvalue weighted by Crippen LogP contribution is 2.33. The summed E-state index contributed by atoms with van der Waals surface area (Å²) >= 11 is 5.99. The number of ether oxygens (including phenoxy) is 1. The molecule has 29 heavy (non-hydrogen) atoms. The maximum absolute atomic E-state index is 14.4. The van der Waals surface area contributed by atoms with Gasteiger partial charge in [0.2, 0.25) is 5.91 Å². The van der Waals surface area contributed by atoms with Crippen molar-refractivity contribution in [1.82, 2.24) is 19.7 Å². The van der Waals surface area contributed by atoms with Crippen molar-refractivity contribution >= 4 is 34.2 Å². The third-order valence-electron chi connectivity index (χ3n) is 5.14. The van der Waals surface area contributed by atoms with Gasteiger partial charge in [0.25, 0.3) is 0 Å². The molecule has 3 heterocycles. The van der Waals surface area contributed by atoms with E-state index in [4.69, 9.17) is 16.3 Å². The van der Waals surface area contributed by atoms with Gasteiger partial charge in [-0.25, -0.2) is 9.37 Å². The first-order chi connectivity index (χ1) is 14.0. The standard InChI is InChI=1S/C20H21ClFN5O2/c1-13-10-25(17-9-18(29-2)15(21)8-16(17)22)6-7-27(13)19(28)12-26-11-14-4-3-5-23-20(14)24-26/h3-5,8-9,11,13H,6-7,10,12H2,1-2H3. The number of rotatable bonds is 4. The molecule has 3 aromatic rings. The van der Waals surface area contributed by atoms with Gasteiger partial charge in [0.05, 0.1) is 17.8 Å². The van der Waals surface area contributed by atoms with Crippen LogP contribution in [0.4, 0.5) is 10.1 Å². The second kappa shape index (κ2) is 7.87. The molecule has 2 aromatic heterocycles. The average molecular weight is 418 g/mol. The van der Waals surface area contributed by atoms with E-state index in [0.29, 0.717) is 36.7 Å². The van der Waals surface area contributed by atoms with E-state index in [1.54, 1.807) is 21.8 Å². The molecule has 1 aromatic carbocycles. The van der Waals surface area contributed by atoms with Gasteiger partial charge in [0, 0.05) is 49.5 Å². The van der Waals surface area contributed by atoms with Gasteiger partial charge in [-0.15, -0.1) is 0 Å². The molecule has 0 saturated carbocycles. The Balaban J connectivity index is 1.45. The minimum absolute atomic E-state index is 0.0286. The van der Waals surface area contributed by atoms with Crippen LogP contribution in [-0.4, -0.2) is 58.4 Å². The summed E-state index contributed by atoms with van der Waals surface area (Å²) in [6.07, 6.45) is 3.49. The van der Waals surface area contributed by atoms with Crippen molar-refractivity contribution in [3.63, 3.8) is 0 Å². The maximum Gasteiger partial charge on any atom is 0.244 e. The number of benzene rings is 1. The van der Waals surface area contributed by atoms with Gasteiger partial charge < -0.3 is 14.5 Å². The number of nitrogens with zero attached hydrogens (tertiary/aromatic N) is 5. The summed E-state index contributed by atoms with van der Waals surface area (Å²) in [6, 6.07) is 6.52. The van der Waals surface area contributed by atoms with Crippen LogP contribution in [0.3, 0.4) is 0 Å². The number of carbonyl (C=O) groups excluding carboxylic acids is 1. The summed E-state index contributed by atoms with van der Waals surface area (Å²) in [4.78, 5) is 20.7. The second-order valence-corrected chi connectivity index (χ2v) is 7.47. The van der Waals surface area contributed by atoms with Crippen molar-refractivity contribution in [2.24, 2.45) is 0 Å². The number of hydrogen-bond donors (Lipinski definition) is 0. The van der Waals surface area contributed by atoms with Gasteiger partial charge >= 0.3 is 0 Å². The first-order valence-electron chi connectivity index (χ1n) is 9.32. The van der Waals surface area contributed by atoms with E-state index in [0.717, 1.165) is 5.39 Å². The summed E-state index contributed by atoms with van der Waals surface area (Å²) in [5, 5.41) is 5.47. The fourth-order valence-electron chi connectivity index (χ4n) is 3.68. The molecule has 0 N–H and O–H groups in total. The van der Waals surface area contributed by atoms with Crippen LogP contribution in [0.1, 0.15) is 6.92 Å². The van der Waals surface area contributed by atoms with E-state index in [1.165, 1.54) is 13.2 Å². The van der Waals surface area contributed by atoms with Crippen LogP contribution < -0.4 is 9.64 Å². The largest absolute Gasteiger partial charge is 0.495 e. The SMILES string of the molecule is COc1cc(N2CCN(C(=O)Cn3cc4cccnc4n3)C(C)C2)c(F)cc1Cl. The topological polar surface area (TPSA) is 63.5 Å². The predicted molar refractivity (Wildman–Crippen MR) is 109 cm³/mol. The Morgan fingerprint density at radius 3 is 2.93 bits per heavy atom. The minimum Gasteiger partial charge on any atom is -0.495 e. The number of amides is 1. The molecule has 0 aliphatic carbocycles. The molecule has 4 rings (SSSR count). The minimum atomic E-state index is -0.404. The molecule has 1 aliphatic heterocycles. The van der Waals surface area contributed by atoms with E-state index >= 15 is 0 Å². The molecule has 7 nitrogen and oxygen atoms in total. The molecule has 1 unspecified atom stereocenters. The second-order valence-electron chi connectivity index (χ2n) is 7.06. The van der Waals surface area contributed by atoms with Gasteiger partial charge in [0.1, 0.15) is 18.1 Å². The molecule has 1 atom stereocenters. The quantitative estimate of drug-likeness (QED) is 0.653. The highest BCUT2D eigenvalue weighted by molar-refractivity contribution is 6.32. The number of aromatic nitrogens is 3. The molecule has 0 spiro atoms. The van der Waals surface area contributed by atoms with Gasteiger partial charge in [-0.1, -0.05) is 11.6 Å². The number of halogens is 2. The van der Waals surface area contributed by atoms with E-state index in [2.05, 4.69) is 10.1 Å². The van der Waals surface area contributed by atoms with Crippen LogP contribution >= 0.6 is 11.6 Å². The van der Waals surface area contributed by atoms with Crippen LogP contribution in [0.15, 0.2) is 36.7 Å². The Labute approximate surface area is 172 Å². The summed E-state index contributed by atoms with van der Waals surface area (Å²) < 4.78 is 21.3. The van der Waals surface area contributed by atoms with Gasteiger partial charge in [-0.05, 0) is 25.1 Å². The summed E-state index contributed by atoms with van der Waals surface area (Å²) in [6.45, 7) is 3.61. The van der Waals surface area contributed by atoms with Crippen molar-refractivity contribution in [3.8, 4) is 5.75 Å². The molecular formula is C20H21ClFN5O2. The van der Waals surface area contributed by atoms with Crippen LogP contribution in [0.5, 0.6) is 5.75 Å². The molecular weight excluding hydrogens is 397 g/mol. The number of hydrogen-bond acceptors (Lipinski definition) is 5. The number of piperazine rings is 1. The highest BCUT2D eigenvalue weighted by atomic mass is 35.5. The normalized spacial score (nSPS) is 17.0. The molecule has 1 aliphatic rings. The average Bonchev–Trinajstić information content (AvgIpc) is 3.10. The van der Waals surface area contributed by atoms with Crippen LogP contribution in [0.2, 0.25) is 5.02 Å². The van der Waals surface area contributed by atoms with Gasteiger partial charge in [-0.3, -0.25) is 9.48 Å². The molecule has 152 valence electrons. The lowest BCUT2D eigenvalue weighted by Crippen LogP contribution is -2.55. The molecule has 1 amide bonds. The fraction of sp³-hybridized carbons (Fsp3) is 0.350. The lowest BCUT2D eigenvalue weighted by atomic mass is 10.1. The highest BCUT2D eigenvalue weighted by Gasteiger charge is 2.29. The van der Waals surface area contributed by atoms with Crippen LogP contribution in [0, 0.1) is 5.82 Å². The third-order valence-corrected chi connectivity index (χ3v) is 5.43. The lowest BCUT2D eigenvalue weighted by Gasteiger charge is -2.41. The van der Waals surface area contributed by atoms with Crippen molar-refractivity contribution in [2.45, 2.75) is 19.5 Å². The first-order valence-corrected chi connectivity index (χ1v) is 9.69. The fourth-order valence-corrected chi connectivity index (χ4v) is 3.91. The lowest BCUT2D eigenvalue weighted by molar-refractivity contribution is -0.134. The molecule has 0 radical (unpaired) electrons. The van der Waals surface area contributed by atoms with E-state index in [1.807, 2.05) is 30.2 Å². The third kappa shape index (κ3) is 3.85. The zero-order valence-corrected chi connectivity index (χ0v) is 16.9. The number of methoxy groups -OCH3 is 1. The molecule has 9 heteroatoms. The zero-order valence-electron chi connectivity index (χ0n) is 16.2. The van der Waals surface area contributed by atoms with Crippen molar-refractivity contribution in [3.05, 3.63) is 47.5 Å². The number of carbonyl (C=O) groups is 1. The Bertz CT molecular complexity index is 1020. The summed E-state index contributed by atoms with van der Waals surface area (Å²) in [5.41, 5.74) is 1.04. The van der Waals surface area contributed by atoms with Crippen molar-refractivity contribution < 1.29 is 13.9 Å². The Hall–Kier alpha value is -2.87. The number of fused-ring (bicyclic) bond motifs is 1. The first kappa shape index (κ1) is 19.4. The summed E-state index contributed by atoms with van der Waals surface area (Å²) in [7, 11) is 1.50. The van der Waals surface area contributed by atoms with Crippen molar-refractivity contribution in [1.29, 1.82) is 0 Å².